The maximum absolute atomic E-state index is 12.8. The molecular weight excluding hydrogens is 184 g/mol. The molecule has 0 saturated carbocycles. The van der Waals surface area contributed by atoms with Gasteiger partial charge < -0.3 is 0 Å². The Bertz CT molecular complexity index is 283. The Morgan fingerprint density at radius 1 is 1.00 bits per heavy atom. The third kappa shape index (κ3) is 2.31. The number of fused-ring (bicyclic) bond motifs is 1. The van der Waals surface area contributed by atoms with E-state index in [0.29, 0.717) is 0 Å². The molecule has 0 fully saturated rings. The number of alkyl halides is 1. The van der Waals surface area contributed by atoms with Gasteiger partial charge in [0.2, 0.25) is 0 Å². The van der Waals surface area contributed by atoms with E-state index in [9.17, 15) is 4.39 Å². The summed E-state index contributed by atoms with van der Waals surface area (Å²) in [5, 5.41) is 0. The molecule has 1 unspecified atom stereocenters. The van der Waals surface area contributed by atoms with Crippen molar-refractivity contribution in [1.82, 2.24) is 0 Å². The second-order valence-corrected chi connectivity index (χ2v) is 2.39. The average Bonchev–Trinajstić information content (AvgIpc) is 2.34. The van der Waals surface area contributed by atoms with Gasteiger partial charge in [-0.2, -0.15) is 0 Å². The van der Waals surface area contributed by atoms with Crippen LogP contribution in [0.5, 0.6) is 0 Å². The highest BCUT2D eigenvalue weighted by Gasteiger charge is 2.13. The van der Waals surface area contributed by atoms with Crippen LogP contribution in [0.25, 0.3) is 6.08 Å². The highest BCUT2D eigenvalue weighted by Crippen LogP contribution is 2.29. The summed E-state index contributed by atoms with van der Waals surface area (Å²) in [4.78, 5) is 0. The summed E-state index contributed by atoms with van der Waals surface area (Å²) in [5.74, 6) is 0. The Kier molecular flexibility index (Phi) is 5.85. The lowest BCUT2D eigenvalue weighted by Crippen LogP contribution is -1.82. The van der Waals surface area contributed by atoms with Gasteiger partial charge in [0.15, 0.2) is 0 Å². The van der Waals surface area contributed by atoms with Crippen molar-refractivity contribution in [2.45, 2.75) is 6.17 Å². The first-order valence-corrected chi connectivity index (χ1v) is 3.29. The summed E-state index contributed by atoms with van der Waals surface area (Å²) < 4.78 is 12.8. The number of allylic oxidation sites excluding steroid dienone is 1. The van der Waals surface area contributed by atoms with E-state index in [-0.39, 0.29) is 14.1 Å². The molecule has 0 amide bonds. The average molecular weight is 194 g/mol. The van der Waals surface area contributed by atoms with Crippen LogP contribution in [0.3, 0.4) is 0 Å². The van der Waals surface area contributed by atoms with Crippen LogP contribution in [0.4, 0.5) is 18.5 Å². The van der Waals surface area contributed by atoms with Crippen molar-refractivity contribution in [3.63, 3.8) is 0 Å². The smallest absolute Gasteiger partial charge is 0.144 e. The summed E-state index contributed by atoms with van der Waals surface area (Å²) in [7, 11) is 0. The van der Waals surface area contributed by atoms with Crippen LogP contribution in [0.15, 0.2) is 30.3 Å². The van der Waals surface area contributed by atoms with Crippen molar-refractivity contribution < 1.29 is 18.5 Å². The molecule has 0 aliphatic heterocycles. The van der Waals surface area contributed by atoms with Gasteiger partial charge in [0, 0.05) is 0 Å². The Morgan fingerprint density at radius 2 is 1.62 bits per heavy atom. The van der Waals surface area contributed by atoms with Crippen molar-refractivity contribution >= 4 is 6.08 Å². The van der Waals surface area contributed by atoms with Crippen molar-refractivity contribution in [3.05, 3.63) is 41.5 Å². The highest BCUT2D eigenvalue weighted by atomic mass is 19.1. The first-order valence-electron chi connectivity index (χ1n) is 3.29. The van der Waals surface area contributed by atoms with E-state index in [4.69, 9.17) is 0 Å². The van der Waals surface area contributed by atoms with Crippen LogP contribution in [-0.4, -0.2) is 0 Å². The molecule has 0 radical (unpaired) electrons. The van der Waals surface area contributed by atoms with E-state index >= 15 is 0 Å². The first kappa shape index (κ1) is 14.2. The standard InChI is InChI=1S/C9H7F.3FH/c10-9-6-5-7-3-1-2-4-8(7)9;;;/h1-6,9H;3*1H. The summed E-state index contributed by atoms with van der Waals surface area (Å²) in [6.45, 7) is 0. The van der Waals surface area contributed by atoms with Crippen molar-refractivity contribution in [2.75, 3.05) is 0 Å². The molecule has 4 heteroatoms. The maximum Gasteiger partial charge on any atom is 0.144 e. The largest absolute Gasteiger partial charge is 0.269 e. The van der Waals surface area contributed by atoms with E-state index in [1.165, 1.54) is 0 Å². The normalized spacial score (nSPS) is 16.2. The lowest BCUT2D eigenvalue weighted by molar-refractivity contribution is 0.420. The van der Waals surface area contributed by atoms with Gasteiger partial charge in [0.05, 0.1) is 0 Å². The molecular formula is C9H10F4. The van der Waals surface area contributed by atoms with Crippen LogP contribution in [0.2, 0.25) is 0 Å². The Hall–Kier alpha value is -1.32. The van der Waals surface area contributed by atoms with Crippen molar-refractivity contribution in [2.24, 2.45) is 0 Å². The van der Waals surface area contributed by atoms with Gasteiger partial charge in [-0.05, 0) is 17.2 Å². The maximum atomic E-state index is 12.8. The van der Waals surface area contributed by atoms with Crippen LogP contribution < -0.4 is 0 Å². The fourth-order valence-electron chi connectivity index (χ4n) is 1.21. The molecule has 2 rings (SSSR count). The second-order valence-electron chi connectivity index (χ2n) is 2.39. The third-order valence-corrected chi connectivity index (χ3v) is 1.74. The third-order valence-electron chi connectivity index (χ3n) is 1.74. The Balaban J connectivity index is 0. The molecule has 0 nitrogen and oxygen atoms in total. The van der Waals surface area contributed by atoms with Crippen LogP contribution in [0, 0.1) is 0 Å². The Labute approximate surface area is 73.2 Å². The fourth-order valence-corrected chi connectivity index (χ4v) is 1.21. The SMILES string of the molecule is F.F.F.FC1C=Cc2ccccc21. The minimum atomic E-state index is -0.879. The number of hydrogen-bond donors (Lipinski definition) is 0. The molecule has 1 aromatic rings. The van der Waals surface area contributed by atoms with Gasteiger partial charge in [-0.3, -0.25) is 14.1 Å². The minimum Gasteiger partial charge on any atom is -0.269 e. The fraction of sp³-hybridized carbons (Fsp3) is 0.111. The number of rotatable bonds is 0. The van der Waals surface area contributed by atoms with E-state index in [2.05, 4.69) is 0 Å². The quantitative estimate of drug-likeness (QED) is 0.556. The molecule has 1 aromatic carbocycles. The molecule has 0 aromatic heterocycles. The van der Waals surface area contributed by atoms with Crippen molar-refractivity contribution in [1.29, 1.82) is 0 Å². The summed E-state index contributed by atoms with van der Waals surface area (Å²) in [5.41, 5.74) is 1.80. The molecule has 0 N–H and O–H groups in total. The zero-order valence-corrected chi connectivity index (χ0v) is 6.64. The Morgan fingerprint density at radius 3 is 2.23 bits per heavy atom. The zero-order valence-electron chi connectivity index (χ0n) is 6.64. The number of halogens is 4. The molecule has 1 aliphatic rings. The predicted molar refractivity (Wildman–Crippen MR) is 46.8 cm³/mol. The van der Waals surface area contributed by atoms with E-state index in [1.54, 1.807) is 6.08 Å². The van der Waals surface area contributed by atoms with Gasteiger partial charge in [-0.25, -0.2) is 4.39 Å². The molecule has 0 spiro atoms. The molecule has 0 heterocycles. The lowest BCUT2D eigenvalue weighted by atomic mass is 10.1. The molecule has 1 aliphatic carbocycles. The van der Waals surface area contributed by atoms with E-state index < -0.39 is 6.17 Å². The van der Waals surface area contributed by atoms with Gasteiger partial charge in [0.1, 0.15) is 6.17 Å². The molecule has 1 atom stereocenters. The van der Waals surface area contributed by atoms with Gasteiger partial charge >= 0.3 is 0 Å². The predicted octanol–water partition coefficient (Wildman–Crippen LogP) is 3.18. The van der Waals surface area contributed by atoms with Crippen LogP contribution >= 0.6 is 0 Å². The number of benzene rings is 1. The molecule has 13 heavy (non-hydrogen) atoms. The zero-order chi connectivity index (χ0) is 6.97. The van der Waals surface area contributed by atoms with Crippen LogP contribution in [0.1, 0.15) is 17.3 Å². The minimum absolute atomic E-state index is 0. The monoisotopic (exact) mass is 194 g/mol. The highest BCUT2D eigenvalue weighted by molar-refractivity contribution is 5.61. The van der Waals surface area contributed by atoms with Gasteiger partial charge in [-0.15, -0.1) is 0 Å². The molecule has 0 saturated heterocycles. The van der Waals surface area contributed by atoms with Gasteiger partial charge in [-0.1, -0.05) is 30.3 Å². The van der Waals surface area contributed by atoms with Gasteiger partial charge in [0.25, 0.3) is 0 Å². The molecule has 0 bridgehead atoms. The van der Waals surface area contributed by atoms with Crippen molar-refractivity contribution in [3.8, 4) is 0 Å². The second kappa shape index (κ2) is 5.35. The summed E-state index contributed by atoms with van der Waals surface area (Å²) in [6.07, 6.45) is 2.51. The van der Waals surface area contributed by atoms with Crippen LogP contribution in [-0.2, 0) is 0 Å². The van der Waals surface area contributed by atoms with E-state index in [1.807, 2.05) is 30.3 Å². The molecule has 74 valence electrons. The van der Waals surface area contributed by atoms with E-state index in [0.717, 1.165) is 11.1 Å². The summed E-state index contributed by atoms with van der Waals surface area (Å²) >= 11 is 0. The first-order chi connectivity index (χ1) is 4.88. The number of hydrogen-bond acceptors (Lipinski definition) is 0. The summed E-state index contributed by atoms with van der Waals surface area (Å²) in [6, 6.07) is 7.52. The lowest BCUT2D eigenvalue weighted by Gasteiger charge is -1.98. The topological polar surface area (TPSA) is 0 Å².